The molecule has 57 heavy (non-hydrogen) atoms. The SMILES string of the molecule is NCCNC(=O)OCC(O)COCC(O)COCC(O)COCC(O)COCC(O)COCC(O)CN(CC(O)C(O)C(O)CCO)CC(O)C(O)C(O)CCO. The van der Waals surface area contributed by atoms with Crippen molar-refractivity contribution >= 4 is 6.09 Å². The molecule has 0 spiro atoms. The summed E-state index contributed by atoms with van der Waals surface area (Å²) in [6.45, 7) is -4.44. The van der Waals surface area contributed by atoms with Gasteiger partial charge in [-0.3, -0.25) is 4.90 Å². The van der Waals surface area contributed by atoms with Crippen LogP contribution in [-0.2, 0) is 28.4 Å². The van der Waals surface area contributed by atoms with Crippen molar-refractivity contribution in [2.24, 2.45) is 5.73 Å². The summed E-state index contributed by atoms with van der Waals surface area (Å²) in [7, 11) is 0. The second-order valence-corrected chi connectivity index (χ2v) is 13.4. The Morgan fingerprint density at radius 1 is 0.474 bits per heavy atom. The lowest BCUT2D eigenvalue weighted by Crippen LogP contribution is -2.51. The van der Waals surface area contributed by atoms with Crippen LogP contribution in [0.3, 0.4) is 0 Å². The Morgan fingerprint density at radius 3 is 1.11 bits per heavy atom. The largest absolute Gasteiger partial charge is 0.447 e. The fraction of sp³-hybridized carbons (Fsp3) is 0.970. The summed E-state index contributed by atoms with van der Waals surface area (Å²) >= 11 is 0. The molecule has 0 aliphatic heterocycles. The minimum atomic E-state index is -1.70. The molecular weight excluding hydrogens is 774 g/mol. The molecular formula is C33H69N3O21. The molecule has 12 unspecified atom stereocenters. The van der Waals surface area contributed by atoms with E-state index < -0.39 is 106 Å². The van der Waals surface area contributed by atoms with Crippen LogP contribution in [0.1, 0.15) is 12.8 Å². The predicted octanol–water partition coefficient (Wildman–Crippen LogP) is -8.85. The van der Waals surface area contributed by atoms with Crippen molar-refractivity contribution in [3.63, 3.8) is 0 Å². The van der Waals surface area contributed by atoms with Crippen LogP contribution in [0.4, 0.5) is 4.79 Å². The predicted molar refractivity (Wildman–Crippen MR) is 194 cm³/mol. The topological polar surface area (TPSA) is 397 Å². The van der Waals surface area contributed by atoms with E-state index in [1.165, 1.54) is 4.90 Å². The Labute approximate surface area is 331 Å². The van der Waals surface area contributed by atoms with E-state index in [9.17, 15) is 66.1 Å². The van der Waals surface area contributed by atoms with Crippen LogP contribution in [0.5, 0.6) is 0 Å². The van der Waals surface area contributed by atoms with E-state index in [1.807, 2.05) is 0 Å². The molecule has 0 aromatic heterocycles. The summed E-state index contributed by atoms with van der Waals surface area (Å²) in [6, 6.07) is 0. The minimum absolute atomic E-state index is 0.200. The number of alkyl carbamates (subject to hydrolysis) is 1. The first kappa shape index (κ1) is 55.4. The highest BCUT2D eigenvalue weighted by Gasteiger charge is 2.31. The second kappa shape index (κ2) is 34.2. The Hall–Kier alpha value is -1.57. The number of carbonyl (C=O) groups is 1. The number of rotatable bonds is 38. The molecule has 17 N–H and O–H groups in total. The molecule has 0 fully saturated rings. The van der Waals surface area contributed by atoms with E-state index in [2.05, 4.69) is 5.32 Å². The van der Waals surface area contributed by atoms with Crippen molar-refractivity contribution in [2.45, 2.75) is 86.1 Å². The third-order valence-electron chi connectivity index (χ3n) is 7.71. The van der Waals surface area contributed by atoms with Gasteiger partial charge in [-0.1, -0.05) is 0 Å². The van der Waals surface area contributed by atoms with E-state index in [0.29, 0.717) is 0 Å². The van der Waals surface area contributed by atoms with E-state index in [4.69, 9.17) is 44.4 Å². The number of nitrogens with zero attached hydrogens (tertiary/aromatic N) is 1. The molecule has 0 radical (unpaired) electrons. The number of ether oxygens (including phenoxy) is 6. The maximum atomic E-state index is 11.3. The highest BCUT2D eigenvalue weighted by Crippen LogP contribution is 2.11. The van der Waals surface area contributed by atoms with Crippen LogP contribution in [-0.4, -0.2) is 274 Å². The molecule has 12 atom stereocenters. The van der Waals surface area contributed by atoms with Crippen LogP contribution in [0.2, 0.25) is 0 Å². The lowest BCUT2D eigenvalue weighted by molar-refractivity contribution is -0.0996. The van der Waals surface area contributed by atoms with Crippen LogP contribution in [0, 0.1) is 0 Å². The summed E-state index contributed by atoms with van der Waals surface area (Å²) in [6.07, 6.45) is -17.7. The van der Waals surface area contributed by atoms with E-state index in [1.54, 1.807) is 0 Å². The Kier molecular flexibility index (Phi) is 33.2. The van der Waals surface area contributed by atoms with Crippen LogP contribution in [0.15, 0.2) is 0 Å². The molecule has 0 saturated carbocycles. The van der Waals surface area contributed by atoms with Crippen molar-refractivity contribution in [3.05, 3.63) is 0 Å². The first-order chi connectivity index (χ1) is 27.0. The number of hydrogen-bond acceptors (Lipinski definition) is 23. The molecule has 0 aromatic rings. The molecule has 1 amide bonds. The fourth-order valence-electron chi connectivity index (χ4n) is 4.78. The number of amides is 1. The number of nitrogens with two attached hydrogens (primary N) is 1. The molecule has 0 heterocycles. The molecule has 0 aliphatic carbocycles. The van der Waals surface area contributed by atoms with Crippen LogP contribution in [0.25, 0.3) is 0 Å². The maximum absolute atomic E-state index is 11.3. The van der Waals surface area contributed by atoms with Gasteiger partial charge >= 0.3 is 6.09 Å². The normalized spacial score (nSPS) is 18.5. The zero-order valence-electron chi connectivity index (χ0n) is 32.2. The summed E-state index contributed by atoms with van der Waals surface area (Å²) in [5.41, 5.74) is 5.24. The summed E-state index contributed by atoms with van der Waals surface area (Å²) in [4.78, 5) is 12.5. The molecule has 0 saturated heterocycles. The van der Waals surface area contributed by atoms with Crippen molar-refractivity contribution < 1.29 is 105 Å². The van der Waals surface area contributed by atoms with Crippen molar-refractivity contribution in [1.29, 1.82) is 0 Å². The molecule has 0 aromatic carbocycles. The maximum Gasteiger partial charge on any atom is 0.407 e. The number of aliphatic hydroxyl groups excluding tert-OH is 14. The molecule has 342 valence electrons. The van der Waals surface area contributed by atoms with Gasteiger partial charge in [0.25, 0.3) is 0 Å². The van der Waals surface area contributed by atoms with E-state index in [0.717, 1.165) is 0 Å². The van der Waals surface area contributed by atoms with Gasteiger partial charge in [0.05, 0.1) is 96.6 Å². The Balaban J connectivity index is 4.36. The van der Waals surface area contributed by atoms with Crippen molar-refractivity contribution in [2.75, 3.05) is 119 Å². The summed E-state index contributed by atoms with van der Waals surface area (Å²) < 4.78 is 30.9. The number of carbonyl (C=O) groups excluding carboxylic acids is 1. The minimum Gasteiger partial charge on any atom is -0.447 e. The zero-order chi connectivity index (χ0) is 43.2. The highest BCUT2D eigenvalue weighted by molar-refractivity contribution is 5.67. The van der Waals surface area contributed by atoms with Gasteiger partial charge in [-0.05, 0) is 12.8 Å². The fourth-order valence-corrected chi connectivity index (χ4v) is 4.78. The smallest absolute Gasteiger partial charge is 0.407 e. The average molecular weight is 844 g/mol. The summed E-state index contributed by atoms with van der Waals surface area (Å²) in [5, 5.41) is 142. The first-order valence-corrected chi connectivity index (χ1v) is 18.6. The third-order valence-corrected chi connectivity index (χ3v) is 7.71. The van der Waals surface area contributed by atoms with Gasteiger partial charge in [-0.2, -0.15) is 0 Å². The van der Waals surface area contributed by atoms with Gasteiger partial charge in [-0.25, -0.2) is 4.79 Å². The van der Waals surface area contributed by atoms with Crippen LogP contribution < -0.4 is 11.1 Å². The van der Waals surface area contributed by atoms with Crippen molar-refractivity contribution in [3.8, 4) is 0 Å². The van der Waals surface area contributed by atoms with Gasteiger partial charge in [0, 0.05) is 45.9 Å². The van der Waals surface area contributed by atoms with E-state index in [-0.39, 0.29) is 105 Å². The monoisotopic (exact) mass is 843 g/mol. The van der Waals surface area contributed by atoms with Gasteiger partial charge in [-0.15, -0.1) is 0 Å². The van der Waals surface area contributed by atoms with Crippen LogP contribution >= 0.6 is 0 Å². The van der Waals surface area contributed by atoms with Gasteiger partial charge in [0.2, 0.25) is 0 Å². The van der Waals surface area contributed by atoms with E-state index >= 15 is 0 Å². The number of aliphatic hydroxyl groups is 14. The molecule has 0 rings (SSSR count). The lowest BCUT2D eigenvalue weighted by atomic mass is 10.0. The molecule has 24 heteroatoms. The Bertz CT molecular complexity index is 927. The highest BCUT2D eigenvalue weighted by atomic mass is 16.6. The molecule has 24 nitrogen and oxygen atoms in total. The van der Waals surface area contributed by atoms with Gasteiger partial charge < -0.3 is 111 Å². The number of hydrogen-bond donors (Lipinski definition) is 16. The molecule has 0 aliphatic rings. The van der Waals surface area contributed by atoms with Crippen molar-refractivity contribution in [1.82, 2.24) is 10.2 Å². The second-order valence-electron chi connectivity index (χ2n) is 13.4. The molecule has 0 bridgehead atoms. The third kappa shape index (κ3) is 29.3. The quantitative estimate of drug-likeness (QED) is 0.0274. The lowest BCUT2D eigenvalue weighted by Gasteiger charge is -2.33. The zero-order valence-corrected chi connectivity index (χ0v) is 32.2. The standard InChI is InChI=1S/C33H69N3O21/c34-3-4-35-33(51)57-20-26(44)19-56-18-25(43)17-55-16-24(42)15-54-14-23(41)13-53-12-22(40)11-52-10-21(39)7-36(8-29(47)31(49)27(45)1-5-37)9-30(48)32(50)28(46)2-6-38/h21-32,37-50H,1-20,34H2,(H,35,51). The Morgan fingerprint density at radius 2 is 0.789 bits per heavy atom. The first-order valence-electron chi connectivity index (χ1n) is 18.6. The van der Waals surface area contributed by atoms with Gasteiger partial charge in [0.1, 0.15) is 49.3 Å². The number of nitrogens with one attached hydrogen (secondary N) is 1. The summed E-state index contributed by atoms with van der Waals surface area (Å²) in [5.74, 6) is 0. The van der Waals surface area contributed by atoms with Gasteiger partial charge in [0.15, 0.2) is 0 Å². The average Bonchev–Trinajstić information content (AvgIpc) is 3.15.